The topological polar surface area (TPSA) is 64.2 Å². The van der Waals surface area contributed by atoms with Gasteiger partial charge in [-0.2, -0.15) is 5.10 Å². The minimum absolute atomic E-state index is 0.0721. The molecule has 4 rings (SSSR count). The first-order valence-corrected chi connectivity index (χ1v) is 9.31. The van der Waals surface area contributed by atoms with Crippen molar-refractivity contribution in [3.63, 3.8) is 0 Å². The first kappa shape index (κ1) is 15.3. The molecule has 6 nitrogen and oxygen atoms in total. The summed E-state index contributed by atoms with van der Waals surface area (Å²) in [6.07, 6.45) is 1.98. The average molecular weight is 359 g/mol. The summed E-state index contributed by atoms with van der Waals surface area (Å²) in [5.41, 5.74) is 4.09. The number of aryl methyl sites for hydroxylation is 2. The molecule has 24 heavy (non-hydrogen) atoms. The van der Waals surface area contributed by atoms with Gasteiger partial charge in [0.1, 0.15) is 4.83 Å². The monoisotopic (exact) mass is 359 g/mol. The summed E-state index contributed by atoms with van der Waals surface area (Å²) in [6.45, 7) is 5.98. The van der Waals surface area contributed by atoms with Crippen molar-refractivity contribution in [3.8, 4) is 0 Å². The van der Waals surface area contributed by atoms with Gasteiger partial charge in [-0.15, -0.1) is 22.7 Å². The summed E-state index contributed by atoms with van der Waals surface area (Å²) in [6, 6.07) is 1.82. The molecule has 1 atom stereocenters. The van der Waals surface area contributed by atoms with Crippen LogP contribution >= 0.6 is 22.7 Å². The van der Waals surface area contributed by atoms with Crippen LogP contribution in [0.1, 0.15) is 39.6 Å². The van der Waals surface area contributed by atoms with Crippen molar-refractivity contribution in [2.24, 2.45) is 7.05 Å². The van der Waals surface area contributed by atoms with Crippen molar-refractivity contribution in [2.45, 2.75) is 26.8 Å². The quantitative estimate of drug-likeness (QED) is 0.609. The molecule has 0 saturated carbocycles. The first-order chi connectivity index (χ1) is 11.5. The Bertz CT molecular complexity index is 1070. The predicted molar refractivity (Wildman–Crippen MR) is 97.0 cm³/mol. The van der Waals surface area contributed by atoms with Crippen LogP contribution in [0.4, 0.5) is 0 Å². The maximum absolute atomic E-state index is 12.6. The molecule has 0 saturated heterocycles. The largest absolute Gasteiger partial charge is 0.345 e. The number of thiophene rings is 1. The van der Waals surface area contributed by atoms with E-state index < -0.39 is 0 Å². The Morgan fingerprint density at radius 1 is 1.38 bits per heavy atom. The molecular formula is C16H17N5OS2. The third-order valence-electron chi connectivity index (χ3n) is 4.31. The third kappa shape index (κ3) is 2.25. The van der Waals surface area contributed by atoms with E-state index in [1.807, 2.05) is 54.5 Å². The summed E-state index contributed by atoms with van der Waals surface area (Å²) >= 11 is 3.02. The van der Waals surface area contributed by atoms with Crippen LogP contribution in [0.3, 0.4) is 0 Å². The maximum Gasteiger partial charge on any atom is 0.261 e. The number of amides is 1. The van der Waals surface area contributed by atoms with Crippen LogP contribution in [-0.2, 0) is 7.05 Å². The molecule has 0 bridgehead atoms. The van der Waals surface area contributed by atoms with Gasteiger partial charge in [0.2, 0.25) is 0 Å². The number of hydrogen-bond donors (Lipinski definition) is 1. The third-order valence-corrected chi connectivity index (χ3v) is 6.08. The molecular weight excluding hydrogens is 342 g/mol. The highest BCUT2D eigenvalue weighted by molar-refractivity contribution is 7.21. The van der Waals surface area contributed by atoms with E-state index in [9.17, 15) is 4.79 Å². The normalized spacial score (nSPS) is 13.0. The van der Waals surface area contributed by atoms with Gasteiger partial charge >= 0.3 is 0 Å². The standard InChI is InChI=1S/C16H17N5OS2/c1-8(13-9(2)19-20(4)10(13)3)17-14(22)12-7-11-15(24-12)18-16-21(11)5-6-23-16/h5-8H,1-4H3,(H,17,22). The first-order valence-electron chi connectivity index (χ1n) is 7.61. The fourth-order valence-corrected chi connectivity index (χ4v) is 4.82. The fraction of sp³-hybridized carbons (Fsp3) is 0.312. The van der Waals surface area contributed by atoms with Gasteiger partial charge in [-0.25, -0.2) is 4.98 Å². The van der Waals surface area contributed by atoms with Gasteiger partial charge < -0.3 is 5.32 Å². The van der Waals surface area contributed by atoms with Crippen molar-refractivity contribution >= 4 is 43.9 Å². The number of imidazole rings is 1. The minimum atomic E-state index is -0.0931. The van der Waals surface area contributed by atoms with E-state index in [1.54, 1.807) is 11.3 Å². The zero-order valence-corrected chi connectivity index (χ0v) is 15.5. The molecule has 0 aliphatic carbocycles. The maximum atomic E-state index is 12.6. The second-order valence-corrected chi connectivity index (χ2v) is 7.78. The van der Waals surface area contributed by atoms with E-state index >= 15 is 0 Å². The number of carbonyl (C=O) groups is 1. The second-order valence-electron chi connectivity index (χ2n) is 5.87. The van der Waals surface area contributed by atoms with Gasteiger partial charge in [0.25, 0.3) is 5.91 Å². The summed E-state index contributed by atoms with van der Waals surface area (Å²) in [5, 5.41) is 9.50. The van der Waals surface area contributed by atoms with Gasteiger partial charge in [0.15, 0.2) is 4.96 Å². The van der Waals surface area contributed by atoms with Gasteiger partial charge in [-0.05, 0) is 26.8 Å². The zero-order valence-electron chi connectivity index (χ0n) is 13.8. The number of nitrogens with one attached hydrogen (secondary N) is 1. The highest BCUT2D eigenvalue weighted by atomic mass is 32.1. The Balaban J connectivity index is 1.62. The lowest BCUT2D eigenvalue weighted by Gasteiger charge is -2.14. The summed E-state index contributed by atoms with van der Waals surface area (Å²) in [7, 11) is 1.92. The van der Waals surface area contributed by atoms with Crippen molar-refractivity contribution in [2.75, 3.05) is 0 Å². The molecule has 4 heterocycles. The highest BCUT2D eigenvalue weighted by Gasteiger charge is 2.21. The SMILES string of the molecule is Cc1nn(C)c(C)c1C(C)NC(=O)c1cc2c(nc3sccn32)s1. The molecule has 4 aromatic heterocycles. The Morgan fingerprint density at radius 2 is 2.17 bits per heavy atom. The zero-order chi connectivity index (χ0) is 17.0. The Hall–Kier alpha value is -2.19. The van der Waals surface area contributed by atoms with Crippen LogP contribution in [0.2, 0.25) is 0 Å². The van der Waals surface area contributed by atoms with E-state index in [4.69, 9.17) is 0 Å². The number of thiazole rings is 1. The number of carbonyl (C=O) groups excluding carboxylic acids is 1. The molecule has 0 aliphatic heterocycles. The molecule has 8 heteroatoms. The van der Waals surface area contributed by atoms with E-state index in [0.29, 0.717) is 4.88 Å². The van der Waals surface area contributed by atoms with Crippen LogP contribution in [0.15, 0.2) is 17.6 Å². The Morgan fingerprint density at radius 3 is 2.88 bits per heavy atom. The van der Waals surface area contributed by atoms with Crippen molar-refractivity contribution in [3.05, 3.63) is 39.5 Å². The molecule has 0 radical (unpaired) electrons. The van der Waals surface area contributed by atoms with E-state index in [0.717, 1.165) is 32.3 Å². The number of fused-ring (bicyclic) bond motifs is 3. The van der Waals surface area contributed by atoms with Crippen molar-refractivity contribution < 1.29 is 4.79 Å². The van der Waals surface area contributed by atoms with E-state index in [1.165, 1.54) is 11.3 Å². The van der Waals surface area contributed by atoms with Gasteiger partial charge in [0, 0.05) is 29.9 Å². The highest BCUT2D eigenvalue weighted by Crippen LogP contribution is 2.29. The lowest BCUT2D eigenvalue weighted by atomic mass is 10.1. The number of nitrogens with zero attached hydrogens (tertiary/aromatic N) is 4. The Labute approximate surface area is 146 Å². The number of aromatic nitrogens is 4. The number of rotatable bonds is 3. The molecule has 1 amide bonds. The van der Waals surface area contributed by atoms with Crippen LogP contribution < -0.4 is 5.32 Å². The van der Waals surface area contributed by atoms with Gasteiger partial charge in [-0.1, -0.05) is 0 Å². The van der Waals surface area contributed by atoms with Crippen molar-refractivity contribution in [1.82, 2.24) is 24.5 Å². The molecule has 0 aromatic carbocycles. The lowest BCUT2D eigenvalue weighted by molar-refractivity contribution is 0.0944. The average Bonchev–Trinajstić information content (AvgIpc) is 3.21. The van der Waals surface area contributed by atoms with E-state index in [-0.39, 0.29) is 11.9 Å². The van der Waals surface area contributed by atoms with Crippen LogP contribution in [-0.4, -0.2) is 25.1 Å². The second kappa shape index (κ2) is 5.42. The molecule has 0 fully saturated rings. The fourth-order valence-electron chi connectivity index (χ4n) is 3.12. The van der Waals surface area contributed by atoms with Gasteiger partial charge in [-0.3, -0.25) is 13.9 Å². The van der Waals surface area contributed by atoms with Crippen LogP contribution in [0, 0.1) is 13.8 Å². The summed E-state index contributed by atoms with van der Waals surface area (Å²) < 4.78 is 3.87. The van der Waals surface area contributed by atoms with Crippen LogP contribution in [0.25, 0.3) is 15.3 Å². The summed E-state index contributed by atoms with van der Waals surface area (Å²) in [5.74, 6) is -0.0721. The molecule has 124 valence electrons. The summed E-state index contributed by atoms with van der Waals surface area (Å²) in [4.78, 5) is 19.7. The van der Waals surface area contributed by atoms with E-state index in [2.05, 4.69) is 15.4 Å². The van der Waals surface area contributed by atoms with Crippen molar-refractivity contribution in [1.29, 1.82) is 0 Å². The predicted octanol–water partition coefficient (Wildman–Crippen LogP) is 3.45. The molecule has 4 aromatic rings. The number of hydrogen-bond acceptors (Lipinski definition) is 5. The smallest absolute Gasteiger partial charge is 0.261 e. The molecule has 1 N–H and O–H groups in total. The molecule has 0 aliphatic rings. The molecule has 0 spiro atoms. The van der Waals surface area contributed by atoms with Gasteiger partial charge in [0.05, 0.1) is 22.1 Å². The molecule has 1 unspecified atom stereocenters. The minimum Gasteiger partial charge on any atom is -0.345 e. The Kier molecular flexibility index (Phi) is 3.47. The lowest BCUT2D eigenvalue weighted by Crippen LogP contribution is -2.26. The van der Waals surface area contributed by atoms with Crippen LogP contribution in [0.5, 0.6) is 0 Å².